The van der Waals surface area contributed by atoms with Crippen molar-refractivity contribution in [2.45, 2.75) is 72.5 Å². The second-order valence-corrected chi connectivity index (χ2v) is 6.48. The van der Waals surface area contributed by atoms with Crippen LogP contribution in [0.2, 0.25) is 0 Å². The molecular weight excluding hydrogens is 376 g/mol. The SMILES string of the molecule is CC(C)OC(=O)OCOC(=O)CCCCC(C)C(=O)OCOC(=O)OC(C)C. The maximum Gasteiger partial charge on any atom is 0.511 e. The lowest BCUT2D eigenvalue weighted by atomic mass is 10.0. The number of ether oxygens (including phenoxy) is 6. The summed E-state index contributed by atoms with van der Waals surface area (Å²) >= 11 is 0. The van der Waals surface area contributed by atoms with E-state index >= 15 is 0 Å². The lowest BCUT2D eigenvalue weighted by molar-refractivity contribution is -0.158. The molecule has 0 spiro atoms. The molecule has 0 aliphatic heterocycles. The molecule has 28 heavy (non-hydrogen) atoms. The molecule has 0 N–H and O–H groups in total. The summed E-state index contributed by atoms with van der Waals surface area (Å²) in [6.07, 6.45) is -0.783. The lowest BCUT2D eigenvalue weighted by Crippen LogP contribution is -2.20. The molecule has 0 saturated carbocycles. The van der Waals surface area contributed by atoms with Crippen LogP contribution in [0.4, 0.5) is 9.59 Å². The number of unbranched alkanes of at least 4 members (excludes halogenated alkanes) is 1. The minimum atomic E-state index is -0.907. The van der Waals surface area contributed by atoms with Gasteiger partial charge in [0.25, 0.3) is 0 Å². The van der Waals surface area contributed by atoms with Gasteiger partial charge < -0.3 is 28.4 Å². The topological polar surface area (TPSA) is 124 Å². The molecule has 162 valence electrons. The third-order valence-corrected chi connectivity index (χ3v) is 3.11. The lowest BCUT2D eigenvalue weighted by Gasteiger charge is -2.12. The maximum atomic E-state index is 11.8. The Hall–Kier alpha value is -2.52. The van der Waals surface area contributed by atoms with Gasteiger partial charge in [0.1, 0.15) is 0 Å². The van der Waals surface area contributed by atoms with E-state index in [9.17, 15) is 19.2 Å². The van der Waals surface area contributed by atoms with Crippen molar-refractivity contribution in [2.75, 3.05) is 13.6 Å². The van der Waals surface area contributed by atoms with Gasteiger partial charge in [-0.05, 0) is 40.5 Å². The van der Waals surface area contributed by atoms with Crippen molar-refractivity contribution < 1.29 is 47.6 Å². The average Bonchev–Trinajstić information content (AvgIpc) is 2.57. The van der Waals surface area contributed by atoms with E-state index < -0.39 is 43.8 Å². The maximum absolute atomic E-state index is 11.8. The number of rotatable bonds is 12. The Morgan fingerprint density at radius 1 is 0.679 bits per heavy atom. The number of carbonyl (C=O) groups is 4. The molecule has 0 aliphatic carbocycles. The van der Waals surface area contributed by atoms with Gasteiger partial charge in [-0.25, -0.2) is 9.59 Å². The van der Waals surface area contributed by atoms with Gasteiger partial charge in [0.05, 0.1) is 18.1 Å². The molecule has 0 bridgehead atoms. The molecule has 0 fully saturated rings. The largest absolute Gasteiger partial charge is 0.511 e. The van der Waals surface area contributed by atoms with Gasteiger partial charge in [-0.15, -0.1) is 0 Å². The first-order valence-corrected chi connectivity index (χ1v) is 9.10. The van der Waals surface area contributed by atoms with Gasteiger partial charge in [0.2, 0.25) is 13.6 Å². The molecule has 0 aromatic carbocycles. The second kappa shape index (κ2) is 14.5. The zero-order chi connectivity index (χ0) is 21.5. The average molecular weight is 406 g/mol. The molecule has 0 saturated heterocycles. The van der Waals surface area contributed by atoms with Crippen molar-refractivity contribution in [1.82, 2.24) is 0 Å². The van der Waals surface area contributed by atoms with Crippen LogP contribution in [0.5, 0.6) is 0 Å². The van der Waals surface area contributed by atoms with Crippen LogP contribution < -0.4 is 0 Å². The smallest absolute Gasteiger partial charge is 0.431 e. The quantitative estimate of drug-likeness (QED) is 0.206. The van der Waals surface area contributed by atoms with Crippen molar-refractivity contribution >= 4 is 24.2 Å². The fourth-order valence-electron chi connectivity index (χ4n) is 1.78. The fraction of sp³-hybridized carbons (Fsp3) is 0.778. The van der Waals surface area contributed by atoms with Gasteiger partial charge in [-0.3, -0.25) is 9.59 Å². The molecule has 0 aromatic rings. The molecular formula is C18H30O10. The third-order valence-electron chi connectivity index (χ3n) is 3.11. The summed E-state index contributed by atoms with van der Waals surface area (Å²) in [6, 6.07) is 0. The molecule has 0 amide bonds. The minimum Gasteiger partial charge on any atom is -0.431 e. The van der Waals surface area contributed by atoms with E-state index in [-0.39, 0.29) is 18.6 Å². The van der Waals surface area contributed by atoms with E-state index in [4.69, 9.17) is 18.9 Å². The van der Waals surface area contributed by atoms with E-state index in [0.717, 1.165) is 0 Å². The van der Waals surface area contributed by atoms with Gasteiger partial charge in [0.15, 0.2) is 0 Å². The highest BCUT2D eigenvalue weighted by Gasteiger charge is 2.16. The summed E-state index contributed by atoms with van der Waals surface area (Å²) < 4.78 is 28.1. The summed E-state index contributed by atoms with van der Waals surface area (Å²) in [6.45, 7) is 7.31. The highest BCUT2D eigenvalue weighted by molar-refractivity contribution is 5.72. The zero-order valence-electron chi connectivity index (χ0n) is 17.1. The summed E-state index contributed by atoms with van der Waals surface area (Å²) in [5.74, 6) is -1.46. The van der Waals surface area contributed by atoms with Crippen molar-refractivity contribution in [1.29, 1.82) is 0 Å². The number of hydrogen-bond acceptors (Lipinski definition) is 10. The molecule has 0 aromatic heterocycles. The van der Waals surface area contributed by atoms with Crippen molar-refractivity contribution in [3.8, 4) is 0 Å². The predicted molar refractivity (Wildman–Crippen MR) is 95.0 cm³/mol. The van der Waals surface area contributed by atoms with Crippen LogP contribution in [0.1, 0.15) is 60.3 Å². The third kappa shape index (κ3) is 14.6. The Morgan fingerprint density at radius 3 is 1.68 bits per heavy atom. The van der Waals surface area contributed by atoms with E-state index in [0.29, 0.717) is 19.3 Å². The zero-order valence-corrected chi connectivity index (χ0v) is 17.1. The van der Waals surface area contributed by atoms with Gasteiger partial charge >= 0.3 is 24.2 Å². The first kappa shape index (κ1) is 25.5. The highest BCUT2D eigenvalue weighted by atomic mass is 16.8. The Morgan fingerprint density at radius 2 is 1.18 bits per heavy atom. The number of carbonyl (C=O) groups excluding carboxylic acids is 4. The van der Waals surface area contributed by atoms with Crippen LogP contribution in [-0.4, -0.2) is 50.0 Å². The van der Waals surface area contributed by atoms with Crippen LogP contribution in [0.25, 0.3) is 0 Å². The fourth-order valence-corrected chi connectivity index (χ4v) is 1.78. The minimum absolute atomic E-state index is 0.120. The molecule has 1 atom stereocenters. The van der Waals surface area contributed by atoms with Crippen molar-refractivity contribution in [3.63, 3.8) is 0 Å². The van der Waals surface area contributed by atoms with Gasteiger partial charge in [-0.2, -0.15) is 0 Å². The summed E-state index contributed by atoms with van der Waals surface area (Å²) in [5.41, 5.74) is 0. The van der Waals surface area contributed by atoms with Crippen LogP contribution in [-0.2, 0) is 38.0 Å². The first-order chi connectivity index (χ1) is 13.1. The Bertz CT molecular complexity index is 501. The molecule has 0 rings (SSSR count). The van der Waals surface area contributed by atoms with E-state index in [1.807, 2.05) is 0 Å². The van der Waals surface area contributed by atoms with Gasteiger partial charge in [-0.1, -0.05) is 13.3 Å². The predicted octanol–water partition coefficient (Wildman–Crippen LogP) is 3.31. The Kier molecular flexibility index (Phi) is 13.2. The molecule has 10 nitrogen and oxygen atoms in total. The van der Waals surface area contributed by atoms with Crippen molar-refractivity contribution in [3.05, 3.63) is 0 Å². The van der Waals surface area contributed by atoms with Gasteiger partial charge in [0, 0.05) is 6.42 Å². The number of hydrogen-bond donors (Lipinski definition) is 0. The Labute approximate surface area is 164 Å². The molecule has 0 aliphatic rings. The van der Waals surface area contributed by atoms with Crippen LogP contribution in [0.15, 0.2) is 0 Å². The molecule has 10 heteroatoms. The molecule has 1 unspecified atom stereocenters. The highest BCUT2D eigenvalue weighted by Crippen LogP contribution is 2.12. The first-order valence-electron chi connectivity index (χ1n) is 9.10. The van der Waals surface area contributed by atoms with Crippen LogP contribution in [0, 0.1) is 5.92 Å². The van der Waals surface area contributed by atoms with Crippen LogP contribution in [0.3, 0.4) is 0 Å². The monoisotopic (exact) mass is 406 g/mol. The van der Waals surface area contributed by atoms with Crippen LogP contribution >= 0.6 is 0 Å². The van der Waals surface area contributed by atoms with E-state index in [1.54, 1.807) is 34.6 Å². The molecule has 0 heterocycles. The summed E-state index contributed by atoms with van der Waals surface area (Å²) in [7, 11) is 0. The summed E-state index contributed by atoms with van der Waals surface area (Å²) in [5, 5.41) is 0. The number of esters is 2. The standard InChI is InChI=1S/C18H30O10/c1-12(2)27-17(21)25-10-23-15(19)9-7-6-8-14(5)16(20)24-11-26-18(22)28-13(3)4/h12-14H,6-11H2,1-5H3. The second-order valence-electron chi connectivity index (χ2n) is 6.48. The van der Waals surface area contributed by atoms with E-state index in [2.05, 4.69) is 9.47 Å². The summed E-state index contributed by atoms with van der Waals surface area (Å²) in [4.78, 5) is 45.5. The van der Waals surface area contributed by atoms with Crippen molar-refractivity contribution in [2.24, 2.45) is 5.92 Å². The Balaban J connectivity index is 3.75. The normalized spacial score (nSPS) is 11.5. The van der Waals surface area contributed by atoms with E-state index in [1.165, 1.54) is 0 Å². The molecule has 0 radical (unpaired) electrons.